The summed E-state index contributed by atoms with van der Waals surface area (Å²) in [4.78, 5) is 11.6. The number of Topliss-reactive ketones (excluding diaryl/α,β-unsaturated/α-hetero) is 1. The topological polar surface area (TPSA) is 81.8 Å². The van der Waals surface area contributed by atoms with Crippen molar-refractivity contribution in [1.29, 1.82) is 0 Å². The van der Waals surface area contributed by atoms with Crippen LogP contribution in [0.25, 0.3) is 0 Å². The van der Waals surface area contributed by atoms with Crippen LogP contribution >= 0.6 is 11.6 Å². The van der Waals surface area contributed by atoms with Crippen LogP contribution < -0.4 is 15.2 Å². The van der Waals surface area contributed by atoms with Crippen LogP contribution in [0.4, 0.5) is 5.69 Å². The first-order chi connectivity index (χ1) is 12.8. The van der Waals surface area contributed by atoms with E-state index in [2.05, 4.69) is 0 Å². The van der Waals surface area contributed by atoms with E-state index >= 15 is 0 Å². The second kappa shape index (κ2) is 9.51. The molecular formula is C21H26ClNO4. The number of aryl methyl sites for hydroxylation is 1. The number of benzene rings is 2. The van der Waals surface area contributed by atoms with Crippen molar-refractivity contribution in [3.05, 3.63) is 46.0 Å². The molecule has 0 aliphatic heterocycles. The minimum atomic E-state index is -0.168. The number of nitrogens with two attached hydrogens (primary N) is 1. The summed E-state index contributed by atoms with van der Waals surface area (Å²) in [5.41, 5.74) is 8.41. The molecule has 0 fully saturated rings. The highest BCUT2D eigenvalue weighted by molar-refractivity contribution is 6.32. The predicted molar refractivity (Wildman–Crippen MR) is 108 cm³/mol. The van der Waals surface area contributed by atoms with Crippen LogP contribution in [-0.2, 0) is 6.42 Å². The molecule has 0 saturated heterocycles. The molecule has 27 heavy (non-hydrogen) atoms. The van der Waals surface area contributed by atoms with Gasteiger partial charge in [0.15, 0.2) is 5.78 Å². The van der Waals surface area contributed by atoms with Crippen molar-refractivity contribution in [2.24, 2.45) is 0 Å². The first kappa shape index (κ1) is 20.9. The largest absolute Gasteiger partial charge is 0.507 e. The molecule has 0 bridgehead atoms. The number of halogens is 1. The van der Waals surface area contributed by atoms with Gasteiger partial charge in [-0.1, -0.05) is 24.9 Å². The quantitative estimate of drug-likeness (QED) is 0.359. The molecule has 0 heterocycles. The Hall–Kier alpha value is -2.40. The molecular weight excluding hydrogens is 366 g/mol. The Balaban J connectivity index is 1.94. The lowest BCUT2D eigenvalue weighted by atomic mass is 10.0. The summed E-state index contributed by atoms with van der Waals surface area (Å²) in [5, 5.41) is 10.9. The molecule has 5 nitrogen and oxygen atoms in total. The molecule has 6 heteroatoms. The van der Waals surface area contributed by atoms with E-state index in [0.29, 0.717) is 59.4 Å². The van der Waals surface area contributed by atoms with Gasteiger partial charge in [0.05, 0.1) is 23.8 Å². The van der Waals surface area contributed by atoms with Crippen LogP contribution in [0.2, 0.25) is 5.02 Å². The Kier molecular flexibility index (Phi) is 7.36. The van der Waals surface area contributed by atoms with Gasteiger partial charge in [0, 0.05) is 23.7 Å². The molecule has 0 spiro atoms. The molecule has 0 atom stereocenters. The first-order valence-corrected chi connectivity index (χ1v) is 9.39. The van der Waals surface area contributed by atoms with E-state index in [1.54, 1.807) is 24.3 Å². The predicted octanol–water partition coefficient (Wildman–Crippen LogP) is 4.94. The monoisotopic (exact) mass is 391 g/mol. The third-order valence-electron chi connectivity index (χ3n) is 4.24. The molecule has 0 aliphatic rings. The highest BCUT2D eigenvalue weighted by Gasteiger charge is 2.15. The second-order valence-electron chi connectivity index (χ2n) is 6.43. The van der Waals surface area contributed by atoms with Crippen LogP contribution in [0.1, 0.15) is 48.2 Å². The van der Waals surface area contributed by atoms with Gasteiger partial charge >= 0.3 is 0 Å². The number of carbonyl (C=O) groups is 1. The fourth-order valence-corrected chi connectivity index (χ4v) is 3.00. The highest BCUT2D eigenvalue weighted by atomic mass is 35.5. The van der Waals surface area contributed by atoms with Crippen molar-refractivity contribution in [1.82, 2.24) is 0 Å². The highest BCUT2D eigenvalue weighted by Crippen LogP contribution is 2.33. The third-order valence-corrected chi connectivity index (χ3v) is 4.54. The number of rotatable bonds is 9. The molecule has 2 rings (SSSR count). The minimum absolute atomic E-state index is 0.0139. The van der Waals surface area contributed by atoms with E-state index in [-0.39, 0.29) is 11.5 Å². The van der Waals surface area contributed by atoms with Gasteiger partial charge in [0.2, 0.25) is 0 Å². The van der Waals surface area contributed by atoms with Crippen LogP contribution in [0.3, 0.4) is 0 Å². The minimum Gasteiger partial charge on any atom is -0.507 e. The molecule has 0 radical (unpaired) electrons. The maximum atomic E-state index is 11.6. The second-order valence-corrected chi connectivity index (χ2v) is 6.84. The summed E-state index contributed by atoms with van der Waals surface area (Å²) in [6.07, 6.45) is 2.10. The summed E-state index contributed by atoms with van der Waals surface area (Å²) in [6.45, 7) is 6.16. The Morgan fingerprint density at radius 1 is 1.19 bits per heavy atom. The van der Waals surface area contributed by atoms with Crippen molar-refractivity contribution in [3.63, 3.8) is 0 Å². The normalized spacial score (nSPS) is 10.7. The van der Waals surface area contributed by atoms with Crippen molar-refractivity contribution >= 4 is 23.1 Å². The number of aromatic hydroxyl groups is 1. The summed E-state index contributed by atoms with van der Waals surface area (Å²) in [5.74, 6) is 0.992. The molecule has 0 aliphatic carbocycles. The van der Waals surface area contributed by atoms with Crippen LogP contribution in [0.15, 0.2) is 24.3 Å². The lowest BCUT2D eigenvalue weighted by Gasteiger charge is -2.15. The van der Waals surface area contributed by atoms with Gasteiger partial charge < -0.3 is 20.3 Å². The van der Waals surface area contributed by atoms with Crippen molar-refractivity contribution in [2.75, 3.05) is 18.9 Å². The van der Waals surface area contributed by atoms with E-state index in [1.165, 1.54) is 6.92 Å². The van der Waals surface area contributed by atoms with Crippen LogP contribution in [0.5, 0.6) is 17.2 Å². The van der Waals surface area contributed by atoms with E-state index in [0.717, 1.165) is 12.0 Å². The van der Waals surface area contributed by atoms with Gasteiger partial charge in [0.1, 0.15) is 17.2 Å². The number of hydrogen-bond donors (Lipinski definition) is 2. The molecule has 2 aromatic rings. The maximum absolute atomic E-state index is 11.6. The van der Waals surface area contributed by atoms with E-state index in [1.807, 2.05) is 13.8 Å². The zero-order valence-electron chi connectivity index (χ0n) is 16.0. The average molecular weight is 392 g/mol. The molecule has 0 unspecified atom stereocenters. The molecule has 0 amide bonds. The number of nitrogen functional groups attached to an aromatic ring is 1. The average Bonchev–Trinajstić information content (AvgIpc) is 2.61. The molecule has 2 aromatic carbocycles. The SMILES string of the molecule is CCCc1c(OCCCOc2cc(N)c(C)cc2Cl)ccc(C(C)=O)c1O. The smallest absolute Gasteiger partial charge is 0.163 e. The third kappa shape index (κ3) is 5.30. The van der Waals surface area contributed by atoms with Gasteiger partial charge in [-0.3, -0.25) is 4.79 Å². The number of phenols is 1. The van der Waals surface area contributed by atoms with Crippen LogP contribution in [0, 0.1) is 6.92 Å². The number of ether oxygens (including phenoxy) is 2. The number of hydrogen-bond acceptors (Lipinski definition) is 5. The molecule has 0 saturated carbocycles. The zero-order chi connectivity index (χ0) is 20.0. The zero-order valence-corrected chi connectivity index (χ0v) is 16.7. The van der Waals surface area contributed by atoms with Gasteiger partial charge in [-0.25, -0.2) is 0 Å². The lowest BCUT2D eigenvalue weighted by molar-refractivity contribution is 0.101. The molecule has 146 valence electrons. The Morgan fingerprint density at radius 2 is 1.85 bits per heavy atom. The molecule has 0 aromatic heterocycles. The van der Waals surface area contributed by atoms with Gasteiger partial charge in [-0.05, 0) is 44.0 Å². The number of ketones is 1. The summed E-state index contributed by atoms with van der Waals surface area (Å²) in [7, 11) is 0. The number of carbonyl (C=O) groups excluding carboxylic acids is 1. The molecule has 3 N–H and O–H groups in total. The Bertz CT molecular complexity index is 820. The van der Waals surface area contributed by atoms with Crippen LogP contribution in [-0.4, -0.2) is 24.1 Å². The fourth-order valence-electron chi connectivity index (χ4n) is 2.73. The standard InChI is InChI=1S/C21H26ClNO4/c1-4-6-16-19(8-7-15(14(3)24)21(16)25)26-9-5-10-27-20-12-18(23)13(2)11-17(20)22/h7-8,11-12,25H,4-6,9-10,23H2,1-3H3. The van der Waals surface area contributed by atoms with E-state index in [9.17, 15) is 9.90 Å². The van der Waals surface area contributed by atoms with E-state index in [4.69, 9.17) is 26.8 Å². The Morgan fingerprint density at radius 3 is 2.48 bits per heavy atom. The first-order valence-electron chi connectivity index (χ1n) is 9.02. The Labute approximate surface area is 165 Å². The van der Waals surface area contributed by atoms with E-state index < -0.39 is 0 Å². The number of phenolic OH excluding ortho intramolecular Hbond substituents is 1. The summed E-state index contributed by atoms with van der Waals surface area (Å²) >= 11 is 6.16. The van der Waals surface area contributed by atoms with Crippen molar-refractivity contribution < 1.29 is 19.4 Å². The lowest BCUT2D eigenvalue weighted by Crippen LogP contribution is -2.07. The maximum Gasteiger partial charge on any atom is 0.163 e. The van der Waals surface area contributed by atoms with Crippen molar-refractivity contribution in [2.45, 2.75) is 40.0 Å². The fraction of sp³-hybridized carbons (Fsp3) is 0.381. The van der Waals surface area contributed by atoms with Gasteiger partial charge in [0.25, 0.3) is 0 Å². The number of anilines is 1. The van der Waals surface area contributed by atoms with Crippen molar-refractivity contribution in [3.8, 4) is 17.2 Å². The van der Waals surface area contributed by atoms with Gasteiger partial charge in [-0.15, -0.1) is 0 Å². The van der Waals surface area contributed by atoms with Gasteiger partial charge in [-0.2, -0.15) is 0 Å². The summed E-state index contributed by atoms with van der Waals surface area (Å²) in [6, 6.07) is 6.83. The summed E-state index contributed by atoms with van der Waals surface area (Å²) < 4.78 is 11.5.